The first-order valence-electron chi connectivity index (χ1n) is 6.32. The molecule has 0 saturated carbocycles. The van der Waals surface area contributed by atoms with E-state index in [0.29, 0.717) is 0 Å². The zero-order chi connectivity index (χ0) is 12.4. The summed E-state index contributed by atoms with van der Waals surface area (Å²) in [5.41, 5.74) is 4.20. The molecule has 0 radical (unpaired) electrons. The van der Waals surface area contributed by atoms with Gasteiger partial charge in [-0.1, -0.05) is 24.3 Å². The summed E-state index contributed by atoms with van der Waals surface area (Å²) in [5.74, 6) is 0.913. The minimum absolute atomic E-state index is 0.913. The predicted molar refractivity (Wildman–Crippen MR) is 74.2 cm³/mol. The third-order valence-electron chi connectivity index (χ3n) is 3.57. The molecule has 0 N–H and O–H groups in total. The van der Waals surface area contributed by atoms with Crippen molar-refractivity contribution in [2.24, 2.45) is 0 Å². The monoisotopic (exact) mass is 239 g/mol. The van der Waals surface area contributed by atoms with Crippen LogP contribution in [0.5, 0.6) is 5.75 Å². The van der Waals surface area contributed by atoms with Crippen LogP contribution in [0.2, 0.25) is 0 Å². The van der Waals surface area contributed by atoms with Crippen LogP contribution in [0.4, 0.5) is 5.69 Å². The van der Waals surface area contributed by atoms with E-state index in [9.17, 15) is 0 Å². The number of ether oxygens (including phenoxy) is 1. The van der Waals surface area contributed by atoms with Gasteiger partial charge >= 0.3 is 0 Å². The van der Waals surface area contributed by atoms with Gasteiger partial charge in [-0.05, 0) is 41.8 Å². The van der Waals surface area contributed by atoms with Gasteiger partial charge in [-0.25, -0.2) is 0 Å². The Kier molecular flexibility index (Phi) is 2.93. The molecule has 2 nitrogen and oxygen atoms in total. The smallest absolute Gasteiger partial charge is 0.119 e. The van der Waals surface area contributed by atoms with Gasteiger partial charge in [-0.2, -0.15) is 0 Å². The molecule has 3 rings (SSSR count). The topological polar surface area (TPSA) is 12.5 Å². The van der Waals surface area contributed by atoms with Crippen LogP contribution in [0.1, 0.15) is 11.1 Å². The second-order valence-corrected chi connectivity index (χ2v) is 4.64. The lowest BCUT2D eigenvalue weighted by Crippen LogP contribution is -2.30. The van der Waals surface area contributed by atoms with Crippen molar-refractivity contribution >= 4 is 5.69 Å². The summed E-state index contributed by atoms with van der Waals surface area (Å²) in [5, 5.41) is 0. The van der Waals surface area contributed by atoms with Crippen molar-refractivity contribution in [3.8, 4) is 5.75 Å². The lowest BCUT2D eigenvalue weighted by molar-refractivity contribution is 0.415. The van der Waals surface area contributed by atoms with Crippen molar-refractivity contribution in [2.75, 3.05) is 18.6 Å². The Morgan fingerprint density at radius 1 is 0.944 bits per heavy atom. The average molecular weight is 239 g/mol. The highest BCUT2D eigenvalue weighted by atomic mass is 16.5. The van der Waals surface area contributed by atoms with Gasteiger partial charge in [-0.15, -0.1) is 0 Å². The Hall–Kier alpha value is -1.96. The zero-order valence-electron chi connectivity index (χ0n) is 10.6. The van der Waals surface area contributed by atoms with E-state index in [4.69, 9.17) is 4.74 Å². The SMILES string of the molecule is COc1ccc(N2CCc3ccccc3C2)cc1. The molecule has 0 amide bonds. The van der Waals surface area contributed by atoms with Gasteiger partial charge < -0.3 is 9.64 Å². The van der Waals surface area contributed by atoms with Gasteiger partial charge in [0.1, 0.15) is 5.75 Å². The van der Waals surface area contributed by atoms with E-state index in [1.165, 1.54) is 16.8 Å². The largest absolute Gasteiger partial charge is 0.497 e. The van der Waals surface area contributed by atoms with Crippen molar-refractivity contribution < 1.29 is 4.74 Å². The number of fused-ring (bicyclic) bond motifs is 1. The normalized spacial score (nSPS) is 14.2. The number of anilines is 1. The Morgan fingerprint density at radius 2 is 1.67 bits per heavy atom. The van der Waals surface area contributed by atoms with E-state index in [2.05, 4.69) is 41.3 Å². The van der Waals surface area contributed by atoms with Crippen LogP contribution in [0, 0.1) is 0 Å². The molecule has 1 aliphatic rings. The average Bonchev–Trinajstić information content (AvgIpc) is 2.47. The highest BCUT2D eigenvalue weighted by molar-refractivity contribution is 5.51. The van der Waals surface area contributed by atoms with Crippen molar-refractivity contribution in [1.29, 1.82) is 0 Å². The number of rotatable bonds is 2. The highest BCUT2D eigenvalue weighted by Crippen LogP contribution is 2.25. The molecular formula is C16H17NO. The van der Waals surface area contributed by atoms with E-state index in [1.807, 2.05) is 12.1 Å². The standard InChI is InChI=1S/C16H17NO/c1-18-16-8-6-15(7-9-16)17-11-10-13-4-2-3-5-14(13)12-17/h2-9H,10-12H2,1H3. The Bertz CT molecular complexity index is 533. The third kappa shape index (κ3) is 2.06. The first kappa shape index (κ1) is 11.1. The van der Waals surface area contributed by atoms with E-state index >= 15 is 0 Å². The molecule has 0 bridgehead atoms. The van der Waals surface area contributed by atoms with Crippen LogP contribution >= 0.6 is 0 Å². The first-order chi connectivity index (χ1) is 8.86. The number of hydrogen-bond donors (Lipinski definition) is 0. The summed E-state index contributed by atoms with van der Waals surface area (Å²) >= 11 is 0. The molecule has 2 aromatic carbocycles. The van der Waals surface area contributed by atoms with Crippen molar-refractivity contribution in [3.63, 3.8) is 0 Å². The summed E-state index contributed by atoms with van der Waals surface area (Å²) < 4.78 is 5.19. The molecular weight excluding hydrogens is 222 g/mol. The fourth-order valence-corrected chi connectivity index (χ4v) is 2.51. The van der Waals surface area contributed by atoms with Gasteiger partial charge in [0.15, 0.2) is 0 Å². The third-order valence-corrected chi connectivity index (χ3v) is 3.57. The first-order valence-corrected chi connectivity index (χ1v) is 6.32. The fourth-order valence-electron chi connectivity index (χ4n) is 2.51. The molecule has 0 saturated heterocycles. The van der Waals surface area contributed by atoms with Gasteiger partial charge in [0.2, 0.25) is 0 Å². The zero-order valence-corrected chi connectivity index (χ0v) is 10.6. The van der Waals surface area contributed by atoms with Crippen LogP contribution in [0.15, 0.2) is 48.5 Å². The number of hydrogen-bond acceptors (Lipinski definition) is 2. The molecule has 0 aromatic heterocycles. The van der Waals surface area contributed by atoms with Crippen LogP contribution < -0.4 is 9.64 Å². The highest BCUT2D eigenvalue weighted by Gasteiger charge is 2.15. The maximum Gasteiger partial charge on any atom is 0.119 e. The molecule has 2 aromatic rings. The van der Waals surface area contributed by atoms with Gasteiger partial charge in [0.05, 0.1) is 7.11 Å². The van der Waals surface area contributed by atoms with Crippen LogP contribution in [0.25, 0.3) is 0 Å². The minimum Gasteiger partial charge on any atom is -0.497 e. The minimum atomic E-state index is 0.913. The van der Waals surface area contributed by atoms with Gasteiger partial charge in [0, 0.05) is 18.8 Å². The van der Waals surface area contributed by atoms with Crippen molar-refractivity contribution in [2.45, 2.75) is 13.0 Å². The van der Waals surface area contributed by atoms with Crippen LogP contribution in [0.3, 0.4) is 0 Å². The molecule has 18 heavy (non-hydrogen) atoms. The number of methoxy groups -OCH3 is 1. The molecule has 1 heterocycles. The summed E-state index contributed by atoms with van der Waals surface area (Å²) in [6.45, 7) is 2.09. The Morgan fingerprint density at radius 3 is 2.39 bits per heavy atom. The number of benzene rings is 2. The Balaban J connectivity index is 1.82. The maximum absolute atomic E-state index is 5.19. The van der Waals surface area contributed by atoms with Crippen LogP contribution in [-0.4, -0.2) is 13.7 Å². The van der Waals surface area contributed by atoms with Gasteiger partial charge in [0.25, 0.3) is 0 Å². The molecule has 1 aliphatic heterocycles. The van der Waals surface area contributed by atoms with E-state index in [0.717, 1.165) is 25.3 Å². The van der Waals surface area contributed by atoms with E-state index in [1.54, 1.807) is 7.11 Å². The summed E-state index contributed by atoms with van der Waals surface area (Å²) in [6.07, 6.45) is 1.13. The lowest BCUT2D eigenvalue weighted by atomic mass is 9.99. The Labute approximate surface area is 108 Å². The van der Waals surface area contributed by atoms with E-state index < -0.39 is 0 Å². The molecule has 0 spiro atoms. The second kappa shape index (κ2) is 4.73. The lowest BCUT2D eigenvalue weighted by Gasteiger charge is -2.30. The van der Waals surface area contributed by atoms with Crippen LogP contribution in [-0.2, 0) is 13.0 Å². The second-order valence-electron chi connectivity index (χ2n) is 4.64. The number of nitrogens with zero attached hydrogens (tertiary/aromatic N) is 1. The molecule has 2 heteroatoms. The van der Waals surface area contributed by atoms with Crippen molar-refractivity contribution in [3.05, 3.63) is 59.7 Å². The maximum atomic E-state index is 5.19. The molecule has 0 unspecified atom stereocenters. The van der Waals surface area contributed by atoms with Gasteiger partial charge in [-0.3, -0.25) is 0 Å². The quantitative estimate of drug-likeness (QED) is 0.797. The summed E-state index contributed by atoms with van der Waals surface area (Å²) in [6, 6.07) is 17.0. The summed E-state index contributed by atoms with van der Waals surface area (Å²) in [7, 11) is 1.70. The van der Waals surface area contributed by atoms with Crippen molar-refractivity contribution in [1.82, 2.24) is 0 Å². The predicted octanol–water partition coefficient (Wildman–Crippen LogP) is 3.26. The molecule has 92 valence electrons. The molecule has 0 atom stereocenters. The fraction of sp³-hybridized carbons (Fsp3) is 0.250. The molecule has 0 fully saturated rings. The molecule has 0 aliphatic carbocycles. The van der Waals surface area contributed by atoms with E-state index in [-0.39, 0.29) is 0 Å². The summed E-state index contributed by atoms with van der Waals surface area (Å²) in [4.78, 5) is 2.42.